The summed E-state index contributed by atoms with van der Waals surface area (Å²) in [4.78, 5) is 36.0. The lowest BCUT2D eigenvalue weighted by Gasteiger charge is -2.38. The smallest absolute Gasteiger partial charge is 0.398 e. The average Bonchev–Trinajstić information content (AvgIpc) is 3.49. The zero-order valence-corrected chi connectivity index (χ0v) is 21.1. The monoisotopic (exact) mass is 529 g/mol. The van der Waals surface area contributed by atoms with Crippen molar-refractivity contribution < 1.29 is 18.7 Å². The van der Waals surface area contributed by atoms with E-state index in [1.165, 1.54) is 0 Å². The molecule has 3 aromatic heterocycles. The molecule has 4 heterocycles. The number of ether oxygens (including phenoxy) is 1. The van der Waals surface area contributed by atoms with Crippen LogP contribution in [0.25, 0.3) is 27.8 Å². The Morgan fingerprint density at radius 3 is 2.81 bits per heavy atom. The van der Waals surface area contributed by atoms with E-state index >= 15 is 4.39 Å². The number of H-pyrrole nitrogens is 1. The minimum atomic E-state index is -1.17. The molecule has 194 valence electrons. The largest absolute Gasteiger partial charge is 0.433 e. The Kier molecular flexibility index (Phi) is 6.33. The number of fused-ring (bicyclic) bond motifs is 2. The van der Waals surface area contributed by atoms with E-state index in [1.807, 2.05) is 25.8 Å². The predicted octanol–water partition coefficient (Wildman–Crippen LogP) is 1.99. The number of halogens is 2. The molecule has 12 nitrogen and oxygen atoms in total. The van der Waals surface area contributed by atoms with Crippen LogP contribution >= 0.6 is 11.6 Å². The number of benzene rings is 1. The zero-order valence-electron chi connectivity index (χ0n) is 20.3. The van der Waals surface area contributed by atoms with Gasteiger partial charge in [0.1, 0.15) is 0 Å². The molecule has 1 atom stereocenters. The molecule has 14 heteroatoms. The van der Waals surface area contributed by atoms with Crippen molar-refractivity contribution in [2.24, 2.45) is 5.73 Å². The molecule has 1 saturated heterocycles. The SMILES string of the molecule is CC(C)Nc1c(F)c(Cl)c(-c2cn3cc(N4CCN(C)CC4OC(=O)C(N)=O)nc3cn2)c2cn[nH]c12. The van der Waals surface area contributed by atoms with Crippen LogP contribution in [0.4, 0.5) is 15.9 Å². The number of amides is 1. The highest BCUT2D eigenvalue weighted by Gasteiger charge is 2.31. The average molecular weight is 530 g/mol. The summed E-state index contributed by atoms with van der Waals surface area (Å²) in [6, 6.07) is -0.0255. The molecule has 37 heavy (non-hydrogen) atoms. The molecule has 4 N–H and O–H groups in total. The highest BCUT2D eigenvalue weighted by atomic mass is 35.5. The fourth-order valence-electron chi connectivity index (χ4n) is 4.37. The van der Waals surface area contributed by atoms with Crippen molar-refractivity contribution in [1.82, 2.24) is 29.5 Å². The van der Waals surface area contributed by atoms with Crippen LogP contribution in [0, 0.1) is 5.82 Å². The molecule has 1 unspecified atom stereocenters. The van der Waals surface area contributed by atoms with E-state index in [1.54, 1.807) is 34.1 Å². The summed E-state index contributed by atoms with van der Waals surface area (Å²) >= 11 is 6.52. The number of rotatable bonds is 5. The van der Waals surface area contributed by atoms with Gasteiger partial charge < -0.3 is 25.1 Å². The Hall–Kier alpha value is -3.97. The molecule has 0 bridgehead atoms. The Morgan fingerprint density at radius 2 is 2.08 bits per heavy atom. The normalized spacial score (nSPS) is 16.6. The minimum absolute atomic E-state index is 0.0255. The van der Waals surface area contributed by atoms with Crippen LogP contribution in [0.3, 0.4) is 0 Å². The van der Waals surface area contributed by atoms with E-state index in [2.05, 4.69) is 25.5 Å². The van der Waals surface area contributed by atoms with Crippen LogP contribution in [-0.4, -0.2) is 80.3 Å². The number of esters is 1. The van der Waals surface area contributed by atoms with Gasteiger partial charge in [-0.15, -0.1) is 0 Å². The van der Waals surface area contributed by atoms with Crippen molar-refractivity contribution in [3.63, 3.8) is 0 Å². The van der Waals surface area contributed by atoms with Crippen LogP contribution in [0.1, 0.15) is 13.8 Å². The van der Waals surface area contributed by atoms with Gasteiger partial charge in [-0.1, -0.05) is 11.6 Å². The Balaban J connectivity index is 1.55. The fraction of sp³-hybridized carbons (Fsp3) is 0.348. The van der Waals surface area contributed by atoms with Crippen LogP contribution in [-0.2, 0) is 14.3 Å². The molecule has 1 aromatic carbocycles. The molecule has 0 aliphatic carbocycles. The number of nitrogens with one attached hydrogen (secondary N) is 2. The number of anilines is 2. The lowest BCUT2D eigenvalue weighted by atomic mass is 10.1. The van der Waals surface area contributed by atoms with E-state index in [9.17, 15) is 9.59 Å². The number of nitrogens with zero attached hydrogens (tertiary/aromatic N) is 6. The lowest BCUT2D eigenvalue weighted by Crippen LogP contribution is -2.54. The number of hydrogen-bond donors (Lipinski definition) is 3. The van der Waals surface area contributed by atoms with E-state index < -0.39 is 23.9 Å². The van der Waals surface area contributed by atoms with Gasteiger partial charge in [-0.3, -0.25) is 19.8 Å². The van der Waals surface area contributed by atoms with Crippen molar-refractivity contribution in [1.29, 1.82) is 0 Å². The van der Waals surface area contributed by atoms with Crippen molar-refractivity contribution in [3.8, 4) is 11.3 Å². The summed E-state index contributed by atoms with van der Waals surface area (Å²) in [5.41, 5.74) is 7.11. The molecule has 0 spiro atoms. The molecule has 4 aromatic rings. The molecule has 0 saturated carbocycles. The molecule has 0 radical (unpaired) electrons. The summed E-state index contributed by atoms with van der Waals surface area (Å²) in [5.74, 6) is -2.38. The Bertz CT molecular complexity index is 1520. The lowest BCUT2D eigenvalue weighted by molar-refractivity contribution is -0.158. The quantitative estimate of drug-likeness (QED) is 0.261. The van der Waals surface area contributed by atoms with Crippen molar-refractivity contribution in [2.45, 2.75) is 26.1 Å². The third-order valence-electron chi connectivity index (χ3n) is 6.08. The fourth-order valence-corrected chi connectivity index (χ4v) is 4.66. The second kappa shape index (κ2) is 9.48. The van der Waals surface area contributed by atoms with Gasteiger partial charge in [-0.05, 0) is 20.9 Å². The van der Waals surface area contributed by atoms with Crippen LogP contribution in [0.5, 0.6) is 0 Å². The van der Waals surface area contributed by atoms with Crippen molar-refractivity contribution in [2.75, 3.05) is 36.9 Å². The van der Waals surface area contributed by atoms with Crippen LogP contribution < -0.4 is 16.0 Å². The molecule has 5 rings (SSSR count). The van der Waals surface area contributed by atoms with Gasteiger partial charge in [0.05, 0.1) is 47.1 Å². The van der Waals surface area contributed by atoms with Gasteiger partial charge in [-0.2, -0.15) is 5.10 Å². The number of aromatic amines is 1. The van der Waals surface area contributed by atoms with E-state index in [0.29, 0.717) is 53.3 Å². The molecule has 1 fully saturated rings. The molecular weight excluding hydrogens is 505 g/mol. The van der Waals surface area contributed by atoms with Gasteiger partial charge in [0, 0.05) is 36.3 Å². The number of likely N-dealkylation sites (N-methyl/N-ethyl adjacent to an activating group) is 1. The highest BCUT2D eigenvalue weighted by molar-refractivity contribution is 6.36. The number of primary amides is 1. The van der Waals surface area contributed by atoms with Gasteiger partial charge in [0.2, 0.25) is 0 Å². The number of piperazine rings is 1. The topological polar surface area (TPSA) is 147 Å². The maximum absolute atomic E-state index is 15.3. The predicted molar refractivity (Wildman–Crippen MR) is 136 cm³/mol. The first-order valence-electron chi connectivity index (χ1n) is 11.5. The maximum atomic E-state index is 15.3. The third-order valence-corrected chi connectivity index (χ3v) is 6.44. The number of carbonyl (C=O) groups excluding carboxylic acids is 2. The number of hydrogen-bond acceptors (Lipinski definition) is 9. The van der Waals surface area contributed by atoms with Crippen LogP contribution in [0.2, 0.25) is 5.02 Å². The number of carbonyl (C=O) groups is 2. The summed E-state index contributed by atoms with van der Waals surface area (Å²) in [5, 5.41) is 10.5. The molecule has 1 aliphatic rings. The summed E-state index contributed by atoms with van der Waals surface area (Å²) in [6.45, 7) is 5.34. The second-order valence-corrected chi connectivity index (χ2v) is 9.53. The van der Waals surface area contributed by atoms with Gasteiger partial charge >= 0.3 is 11.9 Å². The van der Waals surface area contributed by atoms with Crippen molar-refractivity contribution in [3.05, 3.63) is 35.6 Å². The van der Waals surface area contributed by atoms with E-state index in [4.69, 9.17) is 22.1 Å². The van der Waals surface area contributed by atoms with Crippen molar-refractivity contribution >= 4 is 51.5 Å². The summed E-state index contributed by atoms with van der Waals surface area (Å²) in [6.07, 6.45) is 5.79. The molecule has 1 aliphatic heterocycles. The first kappa shape index (κ1) is 24.7. The van der Waals surface area contributed by atoms with E-state index in [-0.39, 0.29) is 16.8 Å². The highest BCUT2D eigenvalue weighted by Crippen LogP contribution is 2.41. The van der Waals surface area contributed by atoms with Crippen LogP contribution in [0.15, 0.2) is 24.8 Å². The Labute approximate surface area is 215 Å². The number of imidazole rings is 1. The van der Waals surface area contributed by atoms with E-state index in [0.717, 1.165) is 0 Å². The molecule has 1 amide bonds. The number of nitrogens with two attached hydrogens (primary N) is 1. The first-order valence-corrected chi connectivity index (χ1v) is 11.9. The second-order valence-electron chi connectivity index (χ2n) is 9.15. The molecular formula is C23H25ClFN9O3. The maximum Gasteiger partial charge on any atom is 0.398 e. The number of aromatic nitrogens is 5. The minimum Gasteiger partial charge on any atom is -0.433 e. The van der Waals surface area contributed by atoms with Gasteiger partial charge in [0.15, 0.2) is 23.5 Å². The zero-order chi connectivity index (χ0) is 26.4. The third kappa shape index (κ3) is 4.51. The summed E-state index contributed by atoms with van der Waals surface area (Å²) < 4.78 is 22.4. The van der Waals surface area contributed by atoms with Gasteiger partial charge in [0.25, 0.3) is 0 Å². The summed E-state index contributed by atoms with van der Waals surface area (Å²) in [7, 11) is 1.88. The standard InChI is InChI=1S/C23H25ClFN9O3/c1-11(2)29-21-19(25)18(24)17(12-6-28-31-20(12)21)13-8-33-9-15(30-14(33)7-27-13)34-5-4-32(3)10-16(34)37-23(36)22(26)35/h6-9,11,16,29H,4-5,10H2,1-3H3,(H2,26,35)(H,28,31). The van der Waals surface area contributed by atoms with Gasteiger partial charge in [-0.25, -0.2) is 14.2 Å². The first-order chi connectivity index (χ1) is 17.6. The Morgan fingerprint density at radius 1 is 1.30 bits per heavy atom.